The zero-order chi connectivity index (χ0) is 24.0. The molecule has 0 atom stereocenters. The maximum absolute atomic E-state index is 5.44. The van der Waals surface area contributed by atoms with Crippen molar-refractivity contribution in [2.45, 2.75) is 37.8 Å². The predicted molar refractivity (Wildman–Crippen MR) is 135 cm³/mol. The number of aryl methyl sites for hydroxylation is 1. The molecule has 1 aromatic carbocycles. The highest BCUT2D eigenvalue weighted by molar-refractivity contribution is 7.99. The van der Waals surface area contributed by atoms with Crippen LogP contribution in [0.1, 0.15) is 37.6 Å². The van der Waals surface area contributed by atoms with Crippen LogP contribution in [-0.4, -0.2) is 40.6 Å². The molecule has 0 bridgehead atoms. The smallest absolute Gasteiger partial charge is 0.226 e. The molecule has 9 heteroatoms. The van der Waals surface area contributed by atoms with Gasteiger partial charge >= 0.3 is 0 Å². The van der Waals surface area contributed by atoms with Gasteiger partial charge in [0.05, 0.1) is 5.69 Å². The summed E-state index contributed by atoms with van der Waals surface area (Å²) >= 11 is 1.67. The van der Waals surface area contributed by atoms with E-state index in [1.165, 1.54) is 5.56 Å². The molecule has 0 fully saturated rings. The first-order chi connectivity index (χ1) is 17.2. The van der Waals surface area contributed by atoms with Gasteiger partial charge in [-0.25, -0.2) is 0 Å². The average molecular weight is 484 g/mol. The van der Waals surface area contributed by atoms with Crippen molar-refractivity contribution in [3.63, 3.8) is 0 Å². The van der Waals surface area contributed by atoms with Gasteiger partial charge in [0.25, 0.3) is 0 Å². The van der Waals surface area contributed by atoms with Gasteiger partial charge in [0.15, 0.2) is 11.0 Å². The summed E-state index contributed by atoms with van der Waals surface area (Å²) in [5, 5.41) is 14.0. The summed E-state index contributed by atoms with van der Waals surface area (Å²) in [4.78, 5) is 12.8. The fourth-order valence-corrected chi connectivity index (χ4v) is 4.69. The molecule has 5 aromatic rings. The van der Waals surface area contributed by atoms with E-state index in [9.17, 15) is 0 Å². The topological polar surface area (TPSA) is 95.4 Å². The Morgan fingerprint density at radius 2 is 1.77 bits per heavy atom. The van der Waals surface area contributed by atoms with Crippen LogP contribution in [0.3, 0.4) is 0 Å². The highest BCUT2D eigenvalue weighted by Gasteiger charge is 2.19. The molecule has 4 aromatic heterocycles. The average Bonchev–Trinajstić information content (AvgIpc) is 3.55. The third-order valence-corrected chi connectivity index (χ3v) is 6.54. The maximum Gasteiger partial charge on any atom is 0.226 e. The van der Waals surface area contributed by atoms with Crippen molar-refractivity contribution in [1.82, 2.24) is 34.9 Å². The Kier molecular flexibility index (Phi) is 6.94. The minimum absolute atomic E-state index is 0.361. The SMILES string of the molecule is CC(C)c1ccccc1-n1c(SCCCc2nc(-c3ccncc3)no2)nnc1-c1cccnc1. The van der Waals surface area contributed by atoms with E-state index in [4.69, 9.17) is 4.52 Å². The van der Waals surface area contributed by atoms with Gasteiger partial charge in [-0.3, -0.25) is 14.5 Å². The highest BCUT2D eigenvalue weighted by Crippen LogP contribution is 2.32. The molecule has 8 nitrogen and oxygen atoms in total. The summed E-state index contributed by atoms with van der Waals surface area (Å²) in [7, 11) is 0. The van der Waals surface area contributed by atoms with Crippen LogP contribution in [0.25, 0.3) is 28.5 Å². The molecule has 0 saturated heterocycles. The number of hydrogen-bond donors (Lipinski definition) is 0. The standard InChI is InChI=1S/C26H25N7OS/c1-18(2)21-8-3-4-9-22(21)33-25(20-7-5-13-28-17-20)30-31-26(33)35-16-6-10-23-29-24(32-34-23)19-11-14-27-15-12-19/h3-5,7-9,11-15,17-18H,6,10,16H2,1-2H3. The van der Waals surface area contributed by atoms with Crippen molar-refractivity contribution in [2.75, 3.05) is 5.75 Å². The van der Waals surface area contributed by atoms with Crippen molar-refractivity contribution >= 4 is 11.8 Å². The zero-order valence-electron chi connectivity index (χ0n) is 19.6. The van der Waals surface area contributed by atoms with E-state index in [1.807, 2.05) is 30.5 Å². The molecule has 0 saturated carbocycles. The molecule has 0 N–H and O–H groups in total. The van der Waals surface area contributed by atoms with E-state index in [2.05, 4.69) is 73.0 Å². The lowest BCUT2D eigenvalue weighted by Gasteiger charge is -2.16. The monoisotopic (exact) mass is 483 g/mol. The minimum atomic E-state index is 0.361. The summed E-state index contributed by atoms with van der Waals surface area (Å²) < 4.78 is 7.58. The highest BCUT2D eigenvalue weighted by atomic mass is 32.2. The summed E-state index contributed by atoms with van der Waals surface area (Å²) in [6.45, 7) is 4.40. The van der Waals surface area contributed by atoms with Crippen LogP contribution in [0, 0.1) is 0 Å². The first-order valence-electron chi connectivity index (χ1n) is 11.5. The van der Waals surface area contributed by atoms with Gasteiger partial charge in [0.2, 0.25) is 11.7 Å². The molecular weight excluding hydrogens is 458 g/mol. The molecule has 0 radical (unpaired) electrons. The van der Waals surface area contributed by atoms with Gasteiger partial charge in [-0.15, -0.1) is 10.2 Å². The second kappa shape index (κ2) is 10.6. The number of hydrogen-bond acceptors (Lipinski definition) is 8. The van der Waals surface area contributed by atoms with Gasteiger partial charge in [0, 0.05) is 48.1 Å². The maximum atomic E-state index is 5.44. The lowest BCUT2D eigenvalue weighted by molar-refractivity contribution is 0.378. The number of thioether (sulfide) groups is 1. The summed E-state index contributed by atoms with van der Waals surface area (Å²) in [6.07, 6.45) is 8.58. The summed E-state index contributed by atoms with van der Waals surface area (Å²) in [5.41, 5.74) is 4.16. The summed E-state index contributed by atoms with van der Waals surface area (Å²) in [6, 6.07) is 16.1. The molecule has 0 aliphatic carbocycles. The van der Waals surface area contributed by atoms with Crippen LogP contribution in [0.4, 0.5) is 0 Å². The Bertz CT molecular complexity index is 1380. The molecule has 0 unspecified atom stereocenters. The van der Waals surface area contributed by atoms with Crippen LogP contribution in [-0.2, 0) is 6.42 Å². The molecule has 0 aliphatic rings. The number of para-hydroxylation sites is 1. The van der Waals surface area contributed by atoms with Crippen LogP contribution in [0.2, 0.25) is 0 Å². The fraction of sp³-hybridized carbons (Fsp3) is 0.231. The second-order valence-corrected chi connectivity index (χ2v) is 9.36. The quantitative estimate of drug-likeness (QED) is 0.197. The van der Waals surface area contributed by atoms with Crippen molar-refractivity contribution in [2.24, 2.45) is 0 Å². The third kappa shape index (κ3) is 5.14. The van der Waals surface area contributed by atoms with E-state index < -0.39 is 0 Å². The van der Waals surface area contributed by atoms with Gasteiger partial charge < -0.3 is 4.52 Å². The molecule has 176 valence electrons. The van der Waals surface area contributed by atoms with Crippen molar-refractivity contribution in [1.29, 1.82) is 0 Å². The molecule has 4 heterocycles. The predicted octanol–water partition coefficient (Wildman–Crippen LogP) is 5.62. The van der Waals surface area contributed by atoms with E-state index in [-0.39, 0.29) is 0 Å². The van der Waals surface area contributed by atoms with E-state index in [0.717, 1.165) is 40.0 Å². The molecule has 5 rings (SSSR count). The first kappa shape index (κ1) is 22.9. The van der Waals surface area contributed by atoms with Gasteiger partial charge in [-0.1, -0.05) is 49.0 Å². The van der Waals surface area contributed by atoms with Crippen LogP contribution >= 0.6 is 11.8 Å². The number of nitrogens with zero attached hydrogens (tertiary/aromatic N) is 7. The molecule has 0 amide bonds. The van der Waals surface area contributed by atoms with Crippen LogP contribution < -0.4 is 0 Å². The second-order valence-electron chi connectivity index (χ2n) is 8.30. The third-order valence-electron chi connectivity index (χ3n) is 5.53. The van der Waals surface area contributed by atoms with Crippen molar-refractivity contribution < 1.29 is 4.52 Å². The zero-order valence-corrected chi connectivity index (χ0v) is 20.4. The van der Waals surface area contributed by atoms with Crippen LogP contribution in [0.15, 0.2) is 83.0 Å². The number of aromatic nitrogens is 7. The number of rotatable bonds is 9. The molecule has 35 heavy (non-hydrogen) atoms. The van der Waals surface area contributed by atoms with E-state index in [1.54, 1.807) is 30.4 Å². The molecule has 0 aliphatic heterocycles. The summed E-state index contributed by atoms with van der Waals surface area (Å²) in [5.74, 6) is 3.19. The fourth-order valence-electron chi connectivity index (χ4n) is 3.80. The normalized spacial score (nSPS) is 11.3. The van der Waals surface area contributed by atoms with Crippen molar-refractivity contribution in [3.05, 3.63) is 84.8 Å². The van der Waals surface area contributed by atoms with E-state index >= 15 is 0 Å². The molecule has 0 spiro atoms. The van der Waals surface area contributed by atoms with E-state index in [0.29, 0.717) is 24.1 Å². The Labute approximate surface area is 207 Å². The van der Waals surface area contributed by atoms with Gasteiger partial charge in [-0.05, 0) is 48.2 Å². The van der Waals surface area contributed by atoms with Crippen LogP contribution in [0.5, 0.6) is 0 Å². The van der Waals surface area contributed by atoms with Crippen molar-refractivity contribution in [3.8, 4) is 28.5 Å². The Morgan fingerprint density at radius 1 is 0.914 bits per heavy atom. The number of pyridine rings is 2. The Balaban J connectivity index is 1.34. The molecular formula is C26H25N7OS. The Morgan fingerprint density at radius 3 is 2.57 bits per heavy atom. The first-order valence-corrected chi connectivity index (χ1v) is 12.5. The lowest BCUT2D eigenvalue weighted by atomic mass is 10.0. The lowest BCUT2D eigenvalue weighted by Crippen LogP contribution is -2.05. The minimum Gasteiger partial charge on any atom is -0.339 e. The Hall–Kier alpha value is -3.85. The van der Waals surface area contributed by atoms with Gasteiger partial charge in [0.1, 0.15) is 0 Å². The largest absolute Gasteiger partial charge is 0.339 e. The number of benzene rings is 1. The van der Waals surface area contributed by atoms with Gasteiger partial charge in [-0.2, -0.15) is 4.98 Å².